The molecule has 0 aliphatic heterocycles. The molecule has 1 aliphatic rings. The van der Waals surface area contributed by atoms with Crippen LogP contribution in [0.25, 0.3) is 0 Å². The molecule has 0 spiro atoms. The van der Waals surface area contributed by atoms with Crippen LogP contribution in [-0.4, -0.2) is 6.29 Å². The van der Waals surface area contributed by atoms with Crippen LogP contribution in [0.5, 0.6) is 0 Å². The largest absolute Gasteiger partial charge is 0.298 e. The van der Waals surface area contributed by atoms with Crippen LogP contribution in [0.4, 0.5) is 0 Å². The predicted molar refractivity (Wildman–Crippen MR) is 48.5 cm³/mol. The first-order valence-electron chi connectivity index (χ1n) is 4.14. The zero-order chi connectivity index (χ0) is 8.69. The minimum Gasteiger partial charge on any atom is -0.298 e. The smallest absolute Gasteiger partial charge is 0.146 e. The van der Waals surface area contributed by atoms with Gasteiger partial charge in [-0.3, -0.25) is 4.79 Å². The maximum absolute atomic E-state index is 10.2. The Bertz CT molecular complexity index is 175. The van der Waals surface area contributed by atoms with Crippen molar-refractivity contribution in [2.45, 2.75) is 33.6 Å². The molecular weight excluding hydrogens is 136 g/mol. The molecule has 11 heavy (non-hydrogen) atoms. The fraction of sp³-hybridized carbons (Fsp3) is 0.500. The number of carbonyl (C=O) groups is 1. The summed E-state index contributed by atoms with van der Waals surface area (Å²) in [5.41, 5.74) is 2.28. The number of carbonyl (C=O) groups excluding carboxylic acids is 1. The molecule has 1 heteroatoms. The quantitative estimate of drug-likeness (QED) is 0.528. The van der Waals surface area contributed by atoms with E-state index >= 15 is 0 Å². The van der Waals surface area contributed by atoms with Crippen molar-refractivity contribution in [3.63, 3.8) is 0 Å². The summed E-state index contributed by atoms with van der Waals surface area (Å²) in [5.74, 6) is 0. The number of aldehydes is 1. The third kappa shape index (κ3) is 3.76. The summed E-state index contributed by atoms with van der Waals surface area (Å²) in [7, 11) is 0. The zero-order valence-corrected chi connectivity index (χ0v) is 7.55. The van der Waals surface area contributed by atoms with Gasteiger partial charge in [0.1, 0.15) is 6.29 Å². The second kappa shape index (κ2) is 5.90. The lowest BCUT2D eigenvalue weighted by Gasteiger charge is -2.04. The minimum absolute atomic E-state index is 0.917. The molecular formula is C10H16O. The van der Waals surface area contributed by atoms with Gasteiger partial charge in [-0.25, -0.2) is 0 Å². The molecule has 0 fully saturated rings. The Morgan fingerprint density at radius 1 is 1.27 bits per heavy atom. The first-order chi connectivity index (χ1) is 5.33. The summed E-state index contributed by atoms with van der Waals surface area (Å²) in [6.45, 7) is 6.08. The minimum atomic E-state index is 0.917. The molecule has 62 valence electrons. The van der Waals surface area contributed by atoms with Gasteiger partial charge in [0.05, 0.1) is 0 Å². The van der Waals surface area contributed by atoms with Crippen LogP contribution < -0.4 is 0 Å². The van der Waals surface area contributed by atoms with E-state index in [1.54, 1.807) is 0 Å². The van der Waals surface area contributed by atoms with Crippen LogP contribution in [-0.2, 0) is 4.79 Å². The summed E-state index contributed by atoms with van der Waals surface area (Å²) in [6.07, 6.45) is 6.80. The van der Waals surface area contributed by atoms with Gasteiger partial charge in [-0.05, 0) is 25.3 Å². The molecule has 0 N–H and O–H groups in total. The van der Waals surface area contributed by atoms with Crippen LogP contribution in [0.2, 0.25) is 0 Å². The van der Waals surface area contributed by atoms with Gasteiger partial charge in [0.15, 0.2) is 0 Å². The van der Waals surface area contributed by atoms with Crippen molar-refractivity contribution in [2.75, 3.05) is 0 Å². The van der Waals surface area contributed by atoms with Crippen LogP contribution in [0.15, 0.2) is 23.3 Å². The summed E-state index contributed by atoms with van der Waals surface area (Å²) >= 11 is 0. The molecule has 0 aromatic carbocycles. The monoisotopic (exact) mass is 152 g/mol. The average Bonchev–Trinajstić information content (AvgIpc) is 2.10. The molecule has 0 aromatic rings. The Balaban J connectivity index is 0.000000461. The van der Waals surface area contributed by atoms with Gasteiger partial charge >= 0.3 is 0 Å². The lowest BCUT2D eigenvalue weighted by Crippen LogP contribution is -1.90. The van der Waals surface area contributed by atoms with Crippen molar-refractivity contribution in [2.24, 2.45) is 0 Å². The van der Waals surface area contributed by atoms with E-state index in [2.05, 4.69) is 6.92 Å². The highest BCUT2D eigenvalue weighted by atomic mass is 16.1. The number of allylic oxidation sites excluding steroid dienone is 4. The number of hydrogen-bond acceptors (Lipinski definition) is 1. The summed E-state index contributed by atoms with van der Waals surface area (Å²) in [5, 5.41) is 0. The average molecular weight is 152 g/mol. The highest BCUT2D eigenvalue weighted by Gasteiger charge is 1.99. The fourth-order valence-electron chi connectivity index (χ4n) is 0.856. The second-order valence-electron chi connectivity index (χ2n) is 2.37. The topological polar surface area (TPSA) is 17.1 Å². The van der Waals surface area contributed by atoms with E-state index in [1.807, 2.05) is 26.0 Å². The maximum atomic E-state index is 10.2. The van der Waals surface area contributed by atoms with Crippen LogP contribution in [0.1, 0.15) is 33.6 Å². The first-order valence-corrected chi connectivity index (χ1v) is 4.14. The van der Waals surface area contributed by atoms with E-state index in [-0.39, 0.29) is 0 Å². The second-order valence-corrected chi connectivity index (χ2v) is 2.37. The molecule has 0 amide bonds. The van der Waals surface area contributed by atoms with Crippen molar-refractivity contribution in [1.29, 1.82) is 0 Å². The molecule has 1 aliphatic carbocycles. The number of rotatable bonds is 1. The van der Waals surface area contributed by atoms with Gasteiger partial charge in [0.25, 0.3) is 0 Å². The Morgan fingerprint density at radius 2 is 1.91 bits per heavy atom. The van der Waals surface area contributed by atoms with Crippen molar-refractivity contribution in [1.82, 2.24) is 0 Å². The SMILES string of the molecule is CC.CC1=CC=C(C=O)CC1. The molecule has 1 nitrogen and oxygen atoms in total. The summed E-state index contributed by atoms with van der Waals surface area (Å²) in [4.78, 5) is 10.2. The highest BCUT2D eigenvalue weighted by molar-refractivity contribution is 5.74. The Kier molecular flexibility index (Phi) is 5.44. The van der Waals surface area contributed by atoms with E-state index in [9.17, 15) is 4.79 Å². The lowest BCUT2D eigenvalue weighted by molar-refractivity contribution is -0.105. The Hall–Kier alpha value is -0.850. The lowest BCUT2D eigenvalue weighted by atomic mass is 10.0. The van der Waals surface area contributed by atoms with Crippen molar-refractivity contribution in [3.05, 3.63) is 23.3 Å². The van der Waals surface area contributed by atoms with Gasteiger partial charge in [0.2, 0.25) is 0 Å². The van der Waals surface area contributed by atoms with Gasteiger partial charge in [-0.15, -0.1) is 0 Å². The molecule has 0 heterocycles. The van der Waals surface area contributed by atoms with Crippen LogP contribution >= 0.6 is 0 Å². The highest BCUT2D eigenvalue weighted by Crippen LogP contribution is 2.15. The van der Waals surface area contributed by atoms with Crippen LogP contribution in [0.3, 0.4) is 0 Å². The van der Waals surface area contributed by atoms with Crippen molar-refractivity contribution < 1.29 is 4.79 Å². The van der Waals surface area contributed by atoms with E-state index in [1.165, 1.54) is 5.57 Å². The molecule has 0 aromatic heterocycles. The molecule has 1 rings (SSSR count). The standard InChI is InChI=1S/C8H10O.C2H6/c1-7-2-4-8(6-9)5-3-7;1-2/h2,4,6H,3,5H2,1H3;1-2H3. The maximum Gasteiger partial charge on any atom is 0.146 e. The molecule has 0 radical (unpaired) electrons. The van der Waals surface area contributed by atoms with Crippen molar-refractivity contribution >= 4 is 6.29 Å². The molecule has 0 bridgehead atoms. The molecule has 0 unspecified atom stereocenters. The molecule has 0 saturated carbocycles. The van der Waals surface area contributed by atoms with E-state index in [0.717, 1.165) is 24.7 Å². The van der Waals surface area contributed by atoms with Gasteiger partial charge in [-0.1, -0.05) is 31.6 Å². The van der Waals surface area contributed by atoms with E-state index in [4.69, 9.17) is 0 Å². The van der Waals surface area contributed by atoms with Crippen molar-refractivity contribution in [3.8, 4) is 0 Å². The normalized spacial score (nSPS) is 15.5. The van der Waals surface area contributed by atoms with E-state index < -0.39 is 0 Å². The van der Waals surface area contributed by atoms with E-state index in [0.29, 0.717) is 0 Å². The predicted octanol–water partition coefficient (Wildman–Crippen LogP) is 2.88. The van der Waals surface area contributed by atoms with Gasteiger partial charge in [-0.2, -0.15) is 0 Å². The Morgan fingerprint density at radius 3 is 2.27 bits per heavy atom. The third-order valence-electron chi connectivity index (χ3n) is 1.54. The number of hydrogen-bond donors (Lipinski definition) is 0. The van der Waals surface area contributed by atoms with Crippen LogP contribution in [0, 0.1) is 0 Å². The molecule has 0 atom stereocenters. The van der Waals surface area contributed by atoms with Gasteiger partial charge < -0.3 is 0 Å². The first kappa shape index (κ1) is 10.2. The summed E-state index contributed by atoms with van der Waals surface area (Å²) < 4.78 is 0. The Labute approximate surface area is 68.8 Å². The summed E-state index contributed by atoms with van der Waals surface area (Å²) in [6, 6.07) is 0. The zero-order valence-electron chi connectivity index (χ0n) is 7.55. The fourth-order valence-corrected chi connectivity index (χ4v) is 0.856. The molecule has 0 saturated heterocycles. The third-order valence-corrected chi connectivity index (χ3v) is 1.54. The van der Waals surface area contributed by atoms with Gasteiger partial charge in [0, 0.05) is 0 Å².